The lowest BCUT2D eigenvalue weighted by molar-refractivity contribution is -0.131. The molecule has 0 aromatic heterocycles. The molecule has 4 heteroatoms. The van der Waals surface area contributed by atoms with Crippen molar-refractivity contribution in [2.45, 2.75) is 44.2 Å². The van der Waals surface area contributed by atoms with Gasteiger partial charge in [-0.25, -0.2) is 0 Å². The highest BCUT2D eigenvalue weighted by Gasteiger charge is 2.29. The van der Waals surface area contributed by atoms with Crippen LogP contribution in [0.2, 0.25) is 0 Å². The minimum absolute atomic E-state index is 0.00203. The van der Waals surface area contributed by atoms with Crippen LogP contribution in [0.15, 0.2) is 0 Å². The quantitative estimate of drug-likeness (QED) is 0.628. The Morgan fingerprint density at radius 1 is 1.38 bits per heavy atom. The summed E-state index contributed by atoms with van der Waals surface area (Å²) in [7, 11) is 0. The maximum absolute atomic E-state index is 11.5. The number of hydrogen-bond donors (Lipinski definition) is 2. The Morgan fingerprint density at radius 3 is 2.77 bits per heavy atom. The molecule has 13 heavy (non-hydrogen) atoms. The van der Waals surface area contributed by atoms with E-state index in [1.807, 2.05) is 0 Å². The first-order valence-electron chi connectivity index (χ1n) is 4.85. The number of carbonyl (C=O) groups is 2. The van der Waals surface area contributed by atoms with Crippen LogP contribution in [0.3, 0.4) is 0 Å². The van der Waals surface area contributed by atoms with Gasteiger partial charge in [-0.3, -0.25) is 9.59 Å². The lowest BCUT2D eigenvalue weighted by atomic mass is 10.0. The van der Waals surface area contributed by atoms with Crippen molar-refractivity contribution in [2.75, 3.05) is 0 Å². The summed E-state index contributed by atoms with van der Waals surface area (Å²) in [5.74, 6) is -0.00209. The van der Waals surface area contributed by atoms with Gasteiger partial charge in [-0.05, 0) is 25.7 Å². The molecule has 1 atom stereocenters. The summed E-state index contributed by atoms with van der Waals surface area (Å²) in [6.45, 7) is 0. The van der Waals surface area contributed by atoms with Gasteiger partial charge in [-0.2, -0.15) is 0 Å². The van der Waals surface area contributed by atoms with E-state index in [0.29, 0.717) is 12.5 Å². The third kappa shape index (κ3) is 2.20. The van der Waals surface area contributed by atoms with Crippen LogP contribution in [-0.4, -0.2) is 23.9 Å². The van der Waals surface area contributed by atoms with Crippen molar-refractivity contribution in [1.29, 1.82) is 0 Å². The van der Waals surface area contributed by atoms with Crippen LogP contribution in [0.5, 0.6) is 0 Å². The number of nitrogens with one attached hydrogen (secondary N) is 2. The fourth-order valence-electron chi connectivity index (χ4n) is 1.53. The van der Waals surface area contributed by atoms with Gasteiger partial charge in [0.05, 0.1) is 0 Å². The average molecular weight is 182 g/mol. The molecule has 2 rings (SSSR count). The fourth-order valence-corrected chi connectivity index (χ4v) is 1.53. The average Bonchev–Trinajstić information content (AvgIpc) is 2.88. The third-order valence-corrected chi connectivity index (χ3v) is 2.47. The molecular formula is C9H14N2O2. The van der Waals surface area contributed by atoms with Crippen LogP contribution in [-0.2, 0) is 9.59 Å². The Labute approximate surface area is 77.1 Å². The van der Waals surface area contributed by atoms with Crippen molar-refractivity contribution >= 4 is 11.8 Å². The molecule has 1 saturated heterocycles. The van der Waals surface area contributed by atoms with Gasteiger partial charge in [-0.1, -0.05) is 0 Å². The van der Waals surface area contributed by atoms with Gasteiger partial charge in [0.1, 0.15) is 6.04 Å². The molecule has 0 radical (unpaired) electrons. The summed E-state index contributed by atoms with van der Waals surface area (Å²) >= 11 is 0. The van der Waals surface area contributed by atoms with Crippen LogP contribution >= 0.6 is 0 Å². The Morgan fingerprint density at radius 2 is 2.15 bits per heavy atom. The van der Waals surface area contributed by atoms with Gasteiger partial charge in [-0.15, -0.1) is 0 Å². The smallest absolute Gasteiger partial charge is 0.242 e. The SMILES string of the molecule is O=C1CCCC(C(=O)NC2CC2)N1. The van der Waals surface area contributed by atoms with Crippen molar-refractivity contribution in [1.82, 2.24) is 10.6 Å². The van der Waals surface area contributed by atoms with Gasteiger partial charge in [0.15, 0.2) is 0 Å². The predicted octanol–water partition coefficient (Wildman–Crippen LogP) is -0.0663. The first-order valence-corrected chi connectivity index (χ1v) is 4.85. The maximum Gasteiger partial charge on any atom is 0.242 e. The summed E-state index contributed by atoms with van der Waals surface area (Å²) in [5.41, 5.74) is 0. The largest absolute Gasteiger partial charge is 0.352 e. The van der Waals surface area contributed by atoms with E-state index in [1.54, 1.807) is 0 Å². The van der Waals surface area contributed by atoms with Crippen molar-refractivity contribution in [2.24, 2.45) is 0 Å². The van der Waals surface area contributed by atoms with Crippen molar-refractivity contribution in [3.05, 3.63) is 0 Å². The second-order valence-corrected chi connectivity index (χ2v) is 3.80. The summed E-state index contributed by atoms with van der Waals surface area (Å²) in [5, 5.41) is 5.59. The minimum Gasteiger partial charge on any atom is -0.352 e. The molecule has 2 aliphatic rings. The highest BCUT2D eigenvalue weighted by atomic mass is 16.2. The van der Waals surface area contributed by atoms with Gasteiger partial charge in [0, 0.05) is 12.5 Å². The fraction of sp³-hybridized carbons (Fsp3) is 0.778. The zero-order chi connectivity index (χ0) is 9.26. The molecule has 2 N–H and O–H groups in total. The predicted molar refractivity (Wildman–Crippen MR) is 46.9 cm³/mol. The zero-order valence-electron chi connectivity index (χ0n) is 7.51. The molecule has 4 nitrogen and oxygen atoms in total. The monoisotopic (exact) mass is 182 g/mol. The van der Waals surface area contributed by atoms with Crippen LogP contribution in [0.4, 0.5) is 0 Å². The number of rotatable bonds is 2. The Kier molecular flexibility index (Phi) is 2.20. The van der Waals surface area contributed by atoms with E-state index in [2.05, 4.69) is 10.6 Å². The highest BCUT2D eigenvalue weighted by Crippen LogP contribution is 2.19. The van der Waals surface area contributed by atoms with Gasteiger partial charge >= 0.3 is 0 Å². The first-order chi connectivity index (χ1) is 6.25. The van der Waals surface area contributed by atoms with E-state index in [0.717, 1.165) is 25.7 Å². The topological polar surface area (TPSA) is 58.2 Å². The van der Waals surface area contributed by atoms with E-state index in [4.69, 9.17) is 0 Å². The van der Waals surface area contributed by atoms with E-state index >= 15 is 0 Å². The van der Waals surface area contributed by atoms with Crippen LogP contribution in [0.25, 0.3) is 0 Å². The molecule has 2 fully saturated rings. The second-order valence-electron chi connectivity index (χ2n) is 3.80. The lowest BCUT2D eigenvalue weighted by Crippen LogP contribution is -2.49. The molecule has 0 bridgehead atoms. The van der Waals surface area contributed by atoms with Crippen LogP contribution in [0.1, 0.15) is 32.1 Å². The molecule has 1 heterocycles. The number of amides is 2. The normalized spacial score (nSPS) is 28.0. The van der Waals surface area contributed by atoms with Crippen molar-refractivity contribution < 1.29 is 9.59 Å². The maximum atomic E-state index is 11.5. The molecule has 0 aromatic rings. The van der Waals surface area contributed by atoms with Crippen LogP contribution in [0, 0.1) is 0 Å². The van der Waals surface area contributed by atoms with Gasteiger partial charge < -0.3 is 10.6 Å². The molecule has 1 aliphatic heterocycles. The molecular weight excluding hydrogens is 168 g/mol. The lowest BCUT2D eigenvalue weighted by Gasteiger charge is -2.22. The summed E-state index contributed by atoms with van der Waals surface area (Å²) in [6.07, 6.45) is 4.35. The summed E-state index contributed by atoms with van der Waals surface area (Å²) in [4.78, 5) is 22.5. The molecule has 0 spiro atoms. The van der Waals surface area contributed by atoms with E-state index in [9.17, 15) is 9.59 Å². The number of piperidine rings is 1. The molecule has 2 amide bonds. The zero-order valence-corrected chi connectivity index (χ0v) is 7.51. The highest BCUT2D eigenvalue weighted by molar-refractivity contribution is 5.88. The molecule has 72 valence electrons. The number of hydrogen-bond acceptors (Lipinski definition) is 2. The van der Waals surface area contributed by atoms with Crippen molar-refractivity contribution in [3.63, 3.8) is 0 Å². The Bertz CT molecular complexity index is 236. The second kappa shape index (κ2) is 3.36. The van der Waals surface area contributed by atoms with E-state index < -0.39 is 0 Å². The van der Waals surface area contributed by atoms with Gasteiger partial charge in [0.2, 0.25) is 11.8 Å². The first kappa shape index (κ1) is 8.53. The molecule has 1 saturated carbocycles. The number of carbonyl (C=O) groups excluding carboxylic acids is 2. The van der Waals surface area contributed by atoms with E-state index in [-0.39, 0.29) is 17.9 Å². The molecule has 0 aromatic carbocycles. The molecule has 1 aliphatic carbocycles. The molecule has 1 unspecified atom stereocenters. The minimum atomic E-state index is -0.276. The third-order valence-electron chi connectivity index (χ3n) is 2.47. The van der Waals surface area contributed by atoms with Gasteiger partial charge in [0.25, 0.3) is 0 Å². The Hall–Kier alpha value is -1.06. The van der Waals surface area contributed by atoms with Crippen molar-refractivity contribution in [3.8, 4) is 0 Å². The van der Waals surface area contributed by atoms with E-state index in [1.165, 1.54) is 0 Å². The summed E-state index contributed by atoms with van der Waals surface area (Å²) < 4.78 is 0. The van der Waals surface area contributed by atoms with Crippen LogP contribution < -0.4 is 10.6 Å². The Balaban J connectivity index is 1.83. The standard InChI is InChI=1S/C9H14N2O2/c12-8-3-1-2-7(11-8)9(13)10-6-4-5-6/h6-7H,1-5H2,(H,10,13)(H,11,12). The summed E-state index contributed by atoms with van der Waals surface area (Å²) in [6, 6.07) is 0.105.